The molecule has 0 nitrogen and oxygen atoms in total. The van der Waals surface area contributed by atoms with Crippen LogP contribution in [-0.4, -0.2) is 39.2 Å². The van der Waals surface area contributed by atoms with Crippen molar-refractivity contribution in [2.24, 2.45) is 0 Å². The standard InChI is InChI=1S/C26H36SeSi3/c1-27-26(28(2,3)23-17-11-8-12-18-23,29(4,5)24-19-13-9-14-20-24)30(6,7)25-21-15-10-16-22-25/h8-22H,1-7H3. The average molecular weight is 512 g/mol. The van der Waals surface area contributed by atoms with Crippen LogP contribution in [0.5, 0.6) is 0 Å². The Labute approximate surface area is 193 Å². The van der Waals surface area contributed by atoms with Crippen LogP contribution in [0.3, 0.4) is 0 Å². The monoisotopic (exact) mass is 512 g/mol. The van der Waals surface area contributed by atoms with Gasteiger partial charge < -0.3 is 0 Å². The Hall–Kier alpha value is -1.17. The first-order valence-electron chi connectivity index (χ1n) is 10.8. The summed E-state index contributed by atoms with van der Waals surface area (Å²) >= 11 is 0.537. The molecule has 4 heteroatoms. The zero-order chi connectivity index (χ0) is 22.0. The number of hydrogen-bond donors (Lipinski definition) is 0. The zero-order valence-corrected chi connectivity index (χ0v) is 24.3. The third-order valence-corrected chi connectivity index (χ3v) is 43.4. The van der Waals surface area contributed by atoms with Crippen molar-refractivity contribution in [3.63, 3.8) is 0 Å². The molecule has 0 radical (unpaired) electrons. The number of benzene rings is 3. The van der Waals surface area contributed by atoms with Crippen LogP contribution in [-0.2, 0) is 0 Å². The zero-order valence-electron chi connectivity index (χ0n) is 19.6. The summed E-state index contributed by atoms with van der Waals surface area (Å²) in [6.45, 7) is 16.1. The quantitative estimate of drug-likeness (QED) is 0.375. The van der Waals surface area contributed by atoms with Crippen molar-refractivity contribution >= 4 is 54.7 Å². The van der Waals surface area contributed by atoms with Crippen molar-refractivity contribution in [2.75, 3.05) is 0 Å². The Kier molecular flexibility index (Phi) is 6.86. The molecule has 3 aromatic rings. The average Bonchev–Trinajstić information content (AvgIpc) is 2.76. The van der Waals surface area contributed by atoms with Gasteiger partial charge in [0.15, 0.2) is 0 Å². The summed E-state index contributed by atoms with van der Waals surface area (Å²) < 4.78 is 0.421. The van der Waals surface area contributed by atoms with Gasteiger partial charge in [0.25, 0.3) is 0 Å². The molecule has 0 saturated carbocycles. The van der Waals surface area contributed by atoms with Crippen molar-refractivity contribution < 1.29 is 0 Å². The molecule has 0 spiro atoms. The summed E-state index contributed by atoms with van der Waals surface area (Å²) in [5.74, 6) is 2.56. The molecule has 0 amide bonds. The fourth-order valence-electron chi connectivity index (χ4n) is 6.28. The molecule has 0 N–H and O–H groups in total. The van der Waals surface area contributed by atoms with Gasteiger partial charge >= 0.3 is 194 Å². The van der Waals surface area contributed by atoms with E-state index in [2.05, 4.69) is 136 Å². The molecule has 0 atom stereocenters. The van der Waals surface area contributed by atoms with E-state index < -0.39 is 24.2 Å². The van der Waals surface area contributed by atoms with Gasteiger partial charge in [-0.1, -0.05) is 0 Å². The van der Waals surface area contributed by atoms with E-state index in [-0.39, 0.29) is 0 Å². The summed E-state index contributed by atoms with van der Waals surface area (Å²) in [6.07, 6.45) is 0. The van der Waals surface area contributed by atoms with Gasteiger partial charge in [-0.3, -0.25) is 0 Å². The minimum absolute atomic E-state index is 0.421. The fraction of sp³-hybridized carbons (Fsp3) is 0.308. The molecule has 0 unspecified atom stereocenters. The molecule has 0 bridgehead atoms. The van der Waals surface area contributed by atoms with Gasteiger partial charge in [-0.2, -0.15) is 0 Å². The molecule has 158 valence electrons. The van der Waals surface area contributed by atoms with Crippen molar-refractivity contribution in [3.8, 4) is 0 Å². The van der Waals surface area contributed by atoms with E-state index in [9.17, 15) is 0 Å². The molecule has 0 heterocycles. The van der Waals surface area contributed by atoms with Gasteiger partial charge in [-0.05, 0) is 0 Å². The maximum absolute atomic E-state index is 2.68. The topological polar surface area (TPSA) is 0 Å². The van der Waals surface area contributed by atoms with Gasteiger partial charge in [-0.25, -0.2) is 0 Å². The van der Waals surface area contributed by atoms with Crippen molar-refractivity contribution in [1.29, 1.82) is 0 Å². The van der Waals surface area contributed by atoms with Crippen LogP contribution in [0.15, 0.2) is 91.0 Å². The summed E-state index contributed by atoms with van der Waals surface area (Å²) in [5.41, 5.74) is 0. The van der Waals surface area contributed by atoms with Crippen LogP contribution in [0.2, 0.25) is 48.3 Å². The fourth-order valence-corrected chi connectivity index (χ4v) is 45.3. The van der Waals surface area contributed by atoms with Gasteiger partial charge in [0.2, 0.25) is 0 Å². The second-order valence-corrected chi connectivity index (χ2v) is 29.7. The number of rotatable bonds is 7. The van der Waals surface area contributed by atoms with E-state index in [1.54, 1.807) is 15.6 Å². The third-order valence-electron chi connectivity index (χ3n) is 7.43. The molecular formula is C26H36SeSi3. The molecule has 0 saturated heterocycles. The molecule has 3 aromatic carbocycles. The van der Waals surface area contributed by atoms with Crippen LogP contribution in [0.25, 0.3) is 0 Å². The SMILES string of the molecule is C[Se]C([Si](C)(C)c1ccccc1)([Si](C)(C)c1ccccc1)[Si](C)(C)c1ccccc1. The Bertz CT molecular complexity index is 826. The summed E-state index contributed by atoms with van der Waals surface area (Å²) in [4.78, 5) is 0. The van der Waals surface area contributed by atoms with Crippen LogP contribution >= 0.6 is 0 Å². The van der Waals surface area contributed by atoms with E-state index in [1.807, 2.05) is 0 Å². The molecule has 0 aliphatic heterocycles. The molecule has 0 fully saturated rings. The maximum atomic E-state index is 2.68. The van der Waals surface area contributed by atoms with Gasteiger partial charge in [-0.15, -0.1) is 0 Å². The van der Waals surface area contributed by atoms with Crippen molar-refractivity contribution in [1.82, 2.24) is 0 Å². The molecule has 0 aliphatic carbocycles. The Morgan fingerprint density at radius 1 is 0.467 bits per heavy atom. The summed E-state index contributed by atoms with van der Waals surface area (Å²) in [6, 6.07) is 34.6. The molecule has 0 aromatic heterocycles. The normalized spacial score (nSPS) is 13.3. The Morgan fingerprint density at radius 2 is 0.700 bits per heavy atom. The Morgan fingerprint density at radius 3 is 0.900 bits per heavy atom. The Balaban J connectivity index is 2.39. The van der Waals surface area contributed by atoms with Crippen molar-refractivity contribution in [2.45, 2.75) is 48.3 Å². The molecule has 30 heavy (non-hydrogen) atoms. The van der Waals surface area contributed by atoms with E-state index in [0.717, 1.165) is 0 Å². The van der Waals surface area contributed by atoms with E-state index in [0.29, 0.717) is 18.1 Å². The van der Waals surface area contributed by atoms with E-state index in [1.165, 1.54) is 0 Å². The first-order valence-corrected chi connectivity index (χ1v) is 22.4. The first kappa shape index (κ1) is 23.5. The predicted octanol–water partition coefficient (Wildman–Crippen LogP) is 5.36. The summed E-state index contributed by atoms with van der Waals surface area (Å²) in [7, 11) is -5.53. The van der Waals surface area contributed by atoms with E-state index >= 15 is 0 Å². The molecule has 0 aliphatic rings. The minimum atomic E-state index is -1.84. The predicted molar refractivity (Wildman–Crippen MR) is 145 cm³/mol. The summed E-state index contributed by atoms with van der Waals surface area (Å²) in [5, 5.41) is 4.88. The molecular weight excluding hydrogens is 476 g/mol. The van der Waals surface area contributed by atoms with Gasteiger partial charge in [0.05, 0.1) is 0 Å². The number of hydrogen-bond acceptors (Lipinski definition) is 0. The van der Waals surface area contributed by atoms with Crippen LogP contribution in [0.1, 0.15) is 0 Å². The van der Waals surface area contributed by atoms with Crippen LogP contribution in [0, 0.1) is 0 Å². The second-order valence-electron chi connectivity index (χ2n) is 9.86. The third kappa shape index (κ3) is 3.57. The van der Waals surface area contributed by atoms with Crippen molar-refractivity contribution in [3.05, 3.63) is 91.0 Å². The van der Waals surface area contributed by atoms with Crippen LogP contribution < -0.4 is 15.6 Å². The van der Waals surface area contributed by atoms with E-state index in [4.69, 9.17) is 0 Å². The van der Waals surface area contributed by atoms with Crippen LogP contribution in [0.4, 0.5) is 0 Å². The molecule has 3 rings (SSSR count). The first-order chi connectivity index (χ1) is 14.1. The van der Waals surface area contributed by atoms with Gasteiger partial charge in [0.1, 0.15) is 0 Å². The second kappa shape index (κ2) is 8.76. The van der Waals surface area contributed by atoms with Gasteiger partial charge in [0, 0.05) is 0 Å².